The third-order valence-corrected chi connectivity index (χ3v) is 5.77. The van der Waals surface area contributed by atoms with Crippen LogP contribution in [0, 0.1) is 0 Å². The Morgan fingerprint density at radius 3 is 2.55 bits per heavy atom. The van der Waals surface area contributed by atoms with Crippen LogP contribution in [0.1, 0.15) is 9.67 Å². The van der Waals surface area contributed by atoms with Gasteiger partial charge in [-0.25, -0.2) is 0 Å². The van der Waals surface area contributed by atoms with Gasteiger partial charge in [0.2, 0.25) is 0 Å². The molecule has 3 heterocycles. The zero-order chi connectivity index (χ0) is 15.3. The quantitative estimate of drug-likeness (QED) is 0.691. The third-order valence-electron chi connectivity index (χ3n) is 4.57. The molecule has 1 aromatic carbocycles. The van der Waals surface area contributed by atoms with E-state index in [2.05, 4.69) is 53.9 Å². The molecule has 4 rings (SSSR count). The fraction of sp³-hybridized carbons (Fsp3) is 0.353. The lowest BCUT2D eigenvalue weighted by molar-refractivity contribution is 0.0669. The molecule has 1 fully saturated rings. The van der Waals surface area contributed by atoms with Gasteiger partial charge in [0.05, 0.1) is 4.88 Å². The van der Waals surface area contributed by atoms with Crippen LogP contribution in [0.15, 0.2) is 30.3 Å². The number of piperazine rings is 1. The van der Waals surface area contributed by atoms with E-state index < -0.39 is 0 Å². The monoisotopic (exact) mass is 313 g/mol. The summed E-state index contributed by atoms with van der Waals surface area (Å²) in [6.07, 6.45) is 0. The second-order valence-corrected chi connectivity index (χ2v) is 7.03. The topological polar surface area (TPSA) is 28.5 Å². The average molecular weight is 313 g/mol. The van der Waals surface area contributed by atoms with Crippen molar-refractivity contribution >= 4 is 38.4 Å². The van der Waals surface area contributed by atoms with Gasteiger partial charge in [0.1, 0.15) is 4.83 Å². The first-order chi connectivity index (χ1) is 10.6. The molecule has 0 spiro atoms. The number of benzene rings is 1. The summed E-state index contributed by atoms with van der Waals surface area (Å²) in [5.74, 6) is 0.179. The third kappa shape index (κ3) is 2.04. The molecule has 0 unspecified atom stereocenters. The van der Waals surface area contributed by atoms with Gasteiger partial charge in [0, 0.05) is 49.5 Å². The fourth-order valence-corrected chi connectivity index (χ4v) is 4.31. The van der Waals surface area contributed by atoms with E-state index in [-0.39, 0.29) is 5.91 Å². The van der Waals surface area contributed by atoms with E-state index in [9.17, 15) is 4.79 Å². The molecule has 5 heteroatoms. The number of carbonyl (C=O) groups excluding carboxylic acids is 1. The summed E-state index contributed by atoms with van der Waals surface area (Å²) < 4.78 is 2.19. The maximum absolute atomic E-state index is 12.7. The summed E-state index contributed by atoms with van der Waals surface area (Å²) in [5.41, 5.74) is 1.22. The lowest BCUT2D eigenvalue weighted by Crippen LogP contribution is -2.46. The minimum absolute atomic E-state index is 0.179. The van der Waals surface area contributed by atoms with Crippen molar-refractivity contribution in [2.24, 2.45) is 7.05 Å². The molecule has 0 radical (unpaired) electrons. The molecule has 2 aromatic heterocycles. The highest BCUT2D eigenvalue weighted by molar-refractivity contribution is 7.20. The highest BCUT2D eigenvalue weighted by Crippen LogP contribution is 2.34. The number of aromatic nitrogens is 1. The summed E-state index contributed by atoms with van der Waals surface area (Å²) in [7, 11) is 4.18. The molecule has 1 aliphatic rings. The molecule has 114 valence electrons. The molecule has 0 saturated carbocycles. The molecule has 0 bridgehead atoms. The molecule has 1 saturated heterocycles. The first kappa shape index (κ1) is 13.8. The average Bonchev–Trinajstić information content (AvgIpc) is 3.08. The van der Waals surface area contributed by atoms with Crippen LogP contribution < -0.4 is 0 Å². The van der Waals surface area contributed by atoms with Crippen LogP contribution in [0.4, 0.5) is 0 Å². The molecular weight excluding hydrogens is 294 g/mol. The van der Waals surface area contributed by atoms with Crippen molar-refractivity contribution in [2.75, 3.05) is 33.2 Å². The van der Waals surface area contributed by atoms with Crippen molar-refractivity contribution in [3.8, 4) is 0 Å². The number of nitrogens with zero attached hydrogens (tertiary/aromatic N) is 3. The number of hydrogen-bond donors (Lipinski definition) is 0. The van der Waals surface area contributed by atoms with Crippen LogP contribution in [0.2, 0.25) is 0 Å². The summed E-state index contributed by atoms with van der Waals surface area (Å²) in [6, 6.07) is 10.4. The van der Waals surface area contributed by atoms with E-state index in [1.165, 1.54) is 21.1 Å². The second-order valence-electron chi connectivity index (χ2n) is 6.00. The molecule has 3 aromatic rings. The molecule has 1 aliphatic heterocycles. The van der Waals surface area contributed by atoms with E-state index >= 15 is 0 Å². The van der Waals surface area contributed by atoms with Crippen LogP contribution in [-0.2, 0) is 7.05 Å². The van der Waals surface area contributed by atoms with Crippen LogP contribution in [0.25, 0.3) is 21.1 Å². The number of aryl methyl sites for hydroxylation is 1. The number of fused-ring (bicyclic) bond motifs is 3. The SMILES string of the molecule is CN1CCN(C(=O)c2cc3c4ccccc4n(C)c3s2)CC1. The lowest BCUT2D eigenvalue weighted by atomic mass is 10.2. The highest BCUT2D eigenvalue weighted by atomic mass is 32.1. The number of likely N-dealkylation sites (N-methyl/N-ethyl adjacent to an activating group) is 1. The Hall–Kier alpha value is -1.85. The number of hydrogen-bond acceptors (Lipinski definition) is 3. The van der Waals surface area contributed by atoms with Crippen molar-refractivity contribution in [3.05, 3.63) is 35.2 Å². The van der Waals surface area contributed by atoms with Gasteiger partial charge < -0.3 is 14.4 Å². The van der Waals surface area contributed by atoms with Crippen molar-refractivity contribution in [1.82, 2.24) is 14.4 Å². The van der Waals surface area contributed by atoms with Gasteiger partial charge in [-0.2, -0.15) is 0 Å². The Morgan fingerprint density at radius 2 is 1.77 bits per heavy atom. The Bertz CT molecular complexity index is 855. The molecule has 4 nitrogen and oxygen atoms in total. The van der Waals surface area contributed by atoms with Gasteiger partial charge in [-0.05, 0) is 19.2 Å². The highest BCUT2D eigenvalue weighted by Gasteiger charge is 2.23. The zero-order valence-electron chi connectivity index (χ0n) is 12.9. The first-order valence-corrected chi connectivity index (χ1v) is 8.41. The molecule has 1 amide bonds. The maximum atomic E-state index is 12.7. The second kappa shape index (κ2) is 5.11. The van der Waals surface area contributed by atoms with Gasteiger partial charge in [0.15, 0.2) is 0 Å². The Morgan fingerprint density at radius 1 is 1.05 bits per heavy atom. The van der Waals surface area contributed by atoms with Gasteiger partial charge in [0.25, 0.3) is 5.91 Å². The predicted molar refractivity (Wildman–Crippen MR) is 91.7 cm³/mol. The summed E-state index contributed by atoms with van der Waals surface area (Å²) in [4.78, 5) is 19.0. The fourth-order valence-electron chi connectivity index (χ4n) is 3.20. The van der Waals surface area contributed by atoms with Crippen LogP contribution >= 0.6 is 11.3 Å². The Labute approximate surface area is 133 Å². The smallest absolute Gasteiger partial charge is 0.264 e. The minimum atomic E-state index is 0.179. The van der Waals surface area contributed by atoms with E-state index in [0.717, 1.165) is 31.1 Å². The molecule has 22 heavy (non-hydrogen) atoms. The molecular formula is C17H19N3OS. The van der Waals surface area contributed by atoms with Crippen molar-refractivity contribution in [3.63, 3.8) is 0 Å². The molecule has 0 N–H and O–H groups in total. The Balaban J connectivity index is 1.74. The summed E-state index contributed by atoms with van der Waals surface area (Å²) >= 11 is 1.61. The molecule has 0 atom stereocenters. The Kier molecular flexibility index (Phi) is 3.20. The van der Waals surface area contributed by atoms with E-state index in [1.54, 1.807) is 11.3 Å². The zero-order valence-corrected chi connectivity index (χ0v) is 13.7. The predicted octanol–water partition coefficient (Wildman–Crippen LogP) is 2.78. The van der Waals surface area contributed by atoms with E-state index in [4.69, 9.17) is 0 Å². The van der Waals surface area contributed by atoms with Gasteiger partial charge >= 0.3 is 0 Å². The van der Waals surface area contributed by atoms with Crippen LogP contribution in [0.3, 0.4) is 0 Å². The van der Waals surface area contributed by atoms with Crippen LogP contribution in [0.5, 0.6) is 0 Å². The van der Waals surface area contributed by atoms with Crippen molar-refractivity contribution in [1.29, 1.82) is 0 Å². The van der Waals surface area contributed by atoms with E-state index in [0.29, 0.717) is 0 Å². The van der Waals surface area contributed by atoms with Crippen molar-refractivity contribution in [2.45, 2.75) is 0 Å². The summed E-state index contributed by atoms with van der Waals surface area (Å²) in [5, 5.41) is 2.43. The van der Waals surface area contributed by atoms with Crippen LogP contribution in [-0.4, -0.2) is 53.5 Å². The van der Waals surface area contributed by atoms with Crippen molar-refractivity contribution < 1.29 is 4.79 Å². The number of thiophene rings is 1. The van der Waals surface area contributed by atoms with E-state index in [1.807, 2.05) is 4.90 Å². The lowest BCUT2D eigenvalue weighted by Gasteiger charge is -2.32. The standard InChI is InChI=1S/C17H19N3OS/c1-18-7-9-20(10-8-18)16(21)15-11-13-12-5-3-4-6-14(12)19(2)17(13)22-15/h3-6,11H,7-10H2,1-2H3. The van der Waals surface area contributed by atoms with Gasteiger partial charge in [-0.15, -0.1) is 11.3 Å². The number of para-hydroxylation sites is 1. The minimum Gasteiger partial charge on any atom is -0.335 e. The number of carbonyl (C=O) groups is 1. The largest absolute Gasteiger partial charge is 0.335 e. The first-order valence-electron chi connectivity index (χ1n) is 7.60. The van der Waals surface area contributed by atoms with Gasteiger partial charge in [-0.1, -0.05) is 18.2 Å². The van der Waals surface area contributed by atoms with Gasteiger partial charge in [-0.3, -0.25) is 4.79 Å². The maximum Gasteiger partial charge on any atom is 0.264 e. The number of rotatable bonds is 1. The molecule has 0 aliphatic carbocycles. The normalized spacial score (nSPS) is 16.7. The number of amides is 1. The summed E-state index contributed by atoms with van der Waals surface area (Å²) in [6.45, 7) is 3.56.